The zero-order valence-electron chi connectivity index (χ0n) is 18.8. The lowest BCUT2D eigenvalue weighted by Gasteiger charge is -2.14. The molecule has 4 aromatic heterocycles. The van der Waals surface area contributed by atoms with Crippen LogP contribution in [-0.2, 0) is 4.79 Å². The summed E-state index contributed by atoms with van der Waals surface area (Å²) in [6, 6.07) is 2.21. The van der Waals surface area contributed by atoms with E-state index in [4.69, 9.17) is 0 Å². The number of hydrogen-bond acceptors (Lipinski definition) is 5. The summed E-state index contributed by atoms with van der Waals surface area (Å²) >= 11 is 1.90. The minimum atomic E-state index is 0.252. The number of Topliss-reactive ketones (excluding diaryl/α,β-unsaturated/α-hetero) is 1. The largest absolute Gasteiger partial charge is 0.346 e. The van der Waals surface area contributed by atoms with Crippen LogP contribution in [0.15, 0.2) is 18.6 Å². The Morgan fingerprint density at radius 1 is 1.35 bits per heavy atom. The number of thiophene rings is 1. The van der Waals surface area contributed by atoms with Gasteiger partial charge < -0.3 is 4.98 Å². The fourth-order valence-electron chi connectivity index (χ4n) is 5.18. The average Bonchev–Trinajstić information content (AvgIpc) is 3.45. The molecule has 6 nitrogen and oxygen atoms in total. The van der Waals surface area contributed by atoms with Gasteiger partial charge in [-0.3, -0.25) is 9.69 Å². The molecule has 0 aromatic carbocycles. The van der Waals surface area contributed by atoms with Crippen LogP contribution < -0.4 is 0 Å². The van der Waals surface area contributed by atoms with Crippen molar-refractivity contribution in [2.75, 3.05) is 19.6 Å². The summed E-state index contributed by atoms with van der Waals surface area (Å²) in [5.74, 6) is 1.17. The Morgan fingerprint density at radius 3 is 2.90 bits per heavy atom. The topological polar surface area (TPSA) is 66.3 Å². The van der Waals surface area contributed by atoms with Crippen molar-refractivity contribution in [2.24, 2.45) is 0 Å². The van der Waals surface area contributed by atoms with Crippen LogP contribution in [0.2, 0.25) is 0 Å². The van der Waals surface area contributed by atoms with Gasteiger partial charge in [-0.05, 0) is 62.4 Å². The van der Waals surface area contributed by atoms with Crippen LogP contribution in [0.1, 0.15) is 60.6 Å². The highest BCUT2D eigenvalue weighted by Crippen LogP contribution is 2.45. The number of likely N-dealkylation sites (tertiary alicyclic amines) is 1. The van der Waals surface area contributed by atoms with Gasteiger partial charge in [-0.1, -0.05) is 13.8 Å². The molecule has 0 radical (unpaired) electrons. The van der Waals surface area contributed by atoms with E-state index in [0.717, 1.165) is 36.3 Å². The molecule has 0 spiro atoms. The molecule has 1 unspecified atom stereocenters. The van der Waals surface area contributed by atoms with Crippen molar-refractivity contribution in [1.82, 2.24) is 24.5 Å². The van der Waals surface area contributed by atoms with Crippen LogP contribution in [0.4, 0.5) is 0 Å². The fourth-order valence-corrected chi connectivity index (χ4v) is 6.53. The molecule has 1 aliphatic heterocycles. The summed E-state index contributed by atoms with van der Waals surface area (Å²) in [4.78, 5) is 24.7. The zero-order chi connectivity index (χ0) is 21.9. The SMILES string of the molecule is CC(=O)CN1CCC(c2sc3[nH]c(-c4cc(C)c5ncnn5c4)c(C(C)C)c3c2C)C1. The standard InChI is InChI=1S/C24H29N5OS/c1-13(2)19-20-16(5)22(17-6-7-28(10-17)9-15(4)30)31-24(20)27-21(19)18-8-14(3)23-25-12-26-29(23)11-18/h8,11-13,17,27H,6-7,9-10H2,1-5H3. The van der Waals surface area contributed by atoms with Crippen molar-refractivity contribution in [3.8, 4) is 11.3 Å². The molecule has 0 amide bonds. The number of ketones is 1. The molecule has 5 rings (SSSR count). The van der Waals surface area contributed by atoms with E-state index in [0.29, 0.717) is 18.4 Å². The molecule has 7 heteroatoms. The van der Waals surface area contributed by atoms with Gasteiger partial charge in [0.2, 0.25) is 0 Å². The number of rotatable bonds is 5. The Morgan fingerprint density at radius 2 is 2.16 bits per heavy atom. The molecule has 1 N–H and O–H groups in total. The highest BCUT2D eigenvalue weighted by Gasteiger charge is 2.30. The van der Waals surface area contributed by atoms with Gasteiger partial charge in [0, 0.05) is 34.5 Å². The average molecular weight is 436 g/mol. The van der Waals surface area contributed by atoms with E-state index in [1.54, 1.807) is 13.3 Å². The highest BCUT2D eigenvalue weighted by atomic mass is 32.1. The number of pyridine rings is 1. The first-order valence-corrected chi connectivity index (χ1v) is 11.8. The van der Waals surface area contributed by atoms with Gasteiger partial charge in [0.1, 0.15) is 16.9 Å². The van der Waals surface area contributed by atoms with E-state index in [2.05, 4.69) is 59.9 Å². The molecule has 162 valence electrons. The molecule has 4 aromatic rings. The number of carbonyl (C=O) groups is 1. The third-order valence-electron chi connectivity index (χ3n) is 6.48. The minimum Gasteiger partial charge on any atom is -0.346 e. The maximum atomic E-state index is 11.5. The number of nitrogens with zero attached hydrogens (tertiary/aromatic N) is 4. The van der Waals surface area contributed by atoms with Gasteiger partial charge in [0.15, 0.2) is 5.65 Å². The van der Waals surface area contributed by atoms with Crippen molar-refractivity contribution in [3.63, 3.8) is 0 Å². The van der Waals surface area contributed by atoms with Crippen LogP contribution in [0, 0.1) is 13.8 Å². The number of aryl methyl sites for hydroxylation is 2. The number of hydrogen-bond donors (Lipinski definition) is 1. The van der Waals surface area contributed by atoms with E-state index in [-0.39, 0.29) is 5.78 Å². The second kappa shape index (κ2) is 7.57. The van der Waals surface area contributed by atoms with Crippen molar-refractivity contribution in [2.45, 2.75) is 52.9 Å². The van der Waals surface area contributed by atoms with Crippen molar-refractivity contribution in [3.05, 3.63) is 40.2 Å². The molecule has 1 saturated heterocycles. The van der Waals surface area contributed by atoms with E-state index in [1.807, 2.05) is 15.9 Å². The molecular weight excluding hydrogens is 406 g/mol. The molecule has 5 heterocycles. The number of aromatic nitrogens is 4. The minimum absolute atomic E-state index is 0.252. The van der Waals surface area contributed by atoms with E-state index < -0.39 is 0 Å². The van der Waals surface area contributed by atoms with Gasteiger partial charge in [0.25, 0.3) is 0 Å². The smallest absolute Gasteiger partial charge is 0.158 e. The lowest BCUT2D eigenvalue weighted by Crippen LogP contribution is -2.26. The number of fused-ring (bicyclic) bond motifs is 2. The summed E-state index contributed by atoms with van der Waals surface area (Å²) in [7, 11) is 0. The van der Waals surface area contributed by atoms with Gasteiger partial charge in [-0.15, -0.1) is 11.3 Å². The number of carbonyl (C=O) groups excluding carboxylic acids is 1. The Balaban J connectivity index is 1.59. The van der Waals surface area contributed by atoms with E-state index in [9.17, 15) is 4.79 Å². The van der Waals surface area contributed by atoms with Crippen molar-refractivity contribution in [1.29, 1.82) is 0 Å². The Kier molecular flexibility index (Phi) is 4.98. The second-order valence-corrected chi connectivity index (χ2v) is 10.3. The van der Waals surface area contributed by atoms with Gasteiger partial charge in [-0.25, -0.2) is 9.50 Å². The zero-order valence-corrected chi connectivity index (χ0v) is 19.6. The molecule has 31 heavy (non-hydrogen) atoms. The monoisotopic (exact) mass is 435 g/mol. The van der Waals surface area contributed by atoms with Gasteiger partial charge in [0.05, 0.1) is 12.2 Å². The molecule has 1 aliphatic rings. The van der Waals surface area contributed by atoms with Crippen LogP contribution in [0.25, 0.3) is 27.1 Å². The summed E-state index contributed by atoms with van der Waals surface area (Å²) in [5, 5.41) is 5.74. The molecule has 0 bridgehead atoms. The summed E-state index contributed by atoms with van der Waals surface area (Å²) in [6.45, 7) is 13.2. The molecule has 1 fully saturated rings. The first-order valence-electron chi connectivity index (χ1n) is 11.0. The van der Waals surface area contributed by atoms with E-state index >= 15 is 0 Å². The number of H-pyrrole nitrogens is 1. The van der Waals surface area contributed by atoms with Crippen LogP contribution in [0.3, 0.4) is 0 Å². The summed E-state index contributed by atoms with van der Waals surface area (Å²) < 4.78 is 1.87. The van der Waals surface area contributed by atoms with Gasteiger partial charge >= 0.3 is 0 Å². The van der Waals surface area contributed by atoms with Crippen molar-refractivity contribution >= 4 is 33.0 Å². The summed E-state index contributed by atoms with van der Waals surface area (Å²) in [5.41, 5.74) is 7.15. The molecule has 0 aliphatic carbocycles. The van der Waals surface area contributed by atoms with E-state index in [1.165, 1.54) is 31.9 Å². The van der Waals surface area contributed by atoms with Crippen LogP contribution in [-0.4, -0.2) is 49.9 Å². The predicted octanol–water partition coefficient (Wildman–Crippen LogP) is 5.06. The molecule has 0 saturated carbocycles. The first-order chi connectivity index (χ1) is 14.8. The maximum Gasteiger partial charge on any atom is 0.158 e. The molecular formula is C24H29N5OS. The Bertz CT molecular complexity index is 1290. The third-order valence-corrected chi connectivity index (χ3v) is 7.85. The lowest BCUT2D eigenvalue weighted by atomic mass is 9.94. The fraction of sp³-hybridized carbons (Fsp3) is 0.458. The summed E-state index contributed by atoms with van der Waals surface area (Å²) in [6.07, 6.45) is 4.81. The van der Waals surface area contributed by atoms with Gasteiger partial charge in [-0.2, -0.15) is 5.10 Å². The Labute approximate surface area is 186 Å². The highest BCUT2D eigenvalue weighted by molar-refractivity contribution is 7.19. The third kappa shape index (κ3) is 3.40. The predicted molar refractivity (Wildman–Crippen MR) is 126 cm³/mol. The first kappa shape index (κ1) is 20.4. The lowest BCUT2D eigenvalue weighted by molar-refractivity contribution is -0.117. The Hall–Kier alpha value is -2.51. The normalized spacial score (nSPS) is 17.5. The maximum absolute atomic E-state index is 11.5. The molecule has 1 atom stereocenters. The van der Waals surface area contributed by atoms with Crippen LogP contribution >= 0.6 is 11.3 Å². The second-order valence-electron chi connectivity index (χ2n) is 9.23. The number of aromatic amines is 1. The quantitative estimate of drug-likeness (QED) is 0.476. The van der Waals surface area contributed by atoms with Crippen LogP contribution in [0.5, 0.6) is 0 Å². The number of nitrogens with one attached hydrogen (secondary N) is 1. The van der Waals surface area contributed by atoms with Crippen molar-refractivity contribution < 1.29 is 4.79 Å².